The van der Waals surface area contributed by atoms with Gasteiger partial charge in [-0.05, 0) is 42.2 Å². The van der Waals surface area contributed by atoms with Crippen LogP contribution in [0.25, 0.3) is 0 Å². The molecule has 1 unspecified atom stereocenters. The first-order valence-corrected chi connectivity index (χ1v) is 5.68. The molecule has 2 radical (unpaired) electrons. The lowest BCUT2D eigenvalue weighted by atomic mass is 9.87. The molecule has 2 aromatic rings. The minimum atomic E-state index is -0.209. The first-order chi connectivity index (χ1) is 8.22. The van der Waals surface area contributed by atoms with Crippen molar-refractivity contribution in [1.82, 2.24) is 0 Å². The van der Waals surface area contributed by atoms with E-state index in [9.17, 15) is 4.39 Å². The topological polar surface area (TPSA) is 0 Å². The summed E-state index contributed by atoms with van der Waals surface area (Å²) >= 11 is 0. The average Bonchev–Trinajstić information content (AvgIpc) is 2.35. The van der Waals surface area contributed by atoms with Crippen molar-refractivity contribution in [3.8, 4) is 0 Å². The number of halogens is 1. The van der Waals surface area contributed by atoms with E-state index in [1.807, 2.05) is 30.3 Å². The highest BCUT2D eigenvalue weighted by molar-refractivity contribution is 5.39. The summed E-state index contributed by atoms with van der Waals surface area (Å²) in [5, 5.41) is 0. The summed E-state index contributed by atoms with van der Waals surface area (Å²) in [4.78, 5) is 0. The van der Waals surface area contributed by atoms with E-state index >= 15 is 0 Å². The zero-order chi connectivity index (χ0) is 12.3. The number of hydrogen-bond acceptors (Lipinski definition) is 0. The van der Waals surface area contributed by atoms with Crippen LogP contribution in [0.4, 0.5) is 4.39 Å². The standard InChI is InChI=1S/C16H15F/c1-3-15(13-8-10-14(17)11-9-13)16-7-5-4-6-12(16)2/h4-11,15H,1-3H2. The molecule has 0 aliphatic heterocycles. The Morgan fingerprint density at radius 3 is 2.24 bits per heavy atom. The van der Waals surface area contributed by atoms with Gasteiger partial charge in [0.25, 0.3) is 0 Å². The summed E-state index contributed by atoms with van der Waals surface area (Å²) < 4.78 is 12.9. The van der Waals surface area contributed by atoms with Gasteiger partial charge in [0.2, 0.25) is 0 Å². The molecule has 0 saturated carbocycles. The van der Waals surface area contributed by atoms with Crippen LogP contribution in [0, 0.1) is 19.7 Å². The maximum atomic E-state index is 12.9. The Balaban J connectivity index is 2.40. The van der Waals surface area contributed by atoms with E-state index in [1.54, 1.807) is 0 Å². The van der Waals surface area contributed by atoms with Crippen LogP contribution in [0.2, 0.25) is 0 Å². The fourth-order valence-corrected chi connectivity index (χ4v) is 2.07. The van der Waals surface area contributed by atoms with Crippen molar-refractivity contribution in [2.75, 3.05) is 0 Å². The van der Waals surface area contributed by atoms with E-state index in [2.05, 4.69) is 19.9 Å². The van der Waals surface area contributed by atoms with Gasteiger partial charge in [0, 0.05) is 5.92 Å². The van der Waals surface area contributed by atoms with Gasteiger partial charge in [-0.15, -0.1) is 0 Å². The molecular weight excluding hydrogens is 211 g/mol. The zero-order valence-corrected chi connectivity index (χ0v) is 9.70. The highest BCUT2D eigenvalue weighted by atomic mass is 19.1. The third-order valence-corrected chi connectivity index (χ3v) is 2.99. The van der Waals surface area contributed by atoms with Crippen molar-refractivity contribution < 1.29 is 4.39 Å². The van der Waals surface area contributed by atoms with Crippen molar-refractivity contribution in [2.45, 2.75) is 12.3 Å². The fraction of sp³-hybridized carbons (Fsp3) is 0.125. The molecule has 0 spiro atoms. The zero-order valence-electron chi connectivity index (χ0n) is 9.70. The Morgan fingerprint density at radius 2 is 1.65 bits per heavy atom. The molecule has 0 aromatic heterocycles. The summed E-state index contributed by atoms with van der Waals surface area (Å²) in [6, 6.07) is 14.6. The largest absolute Gasteiger partial charge is 0.207 e. The molecule has 0 amide bonds. The summed E-state index contributed by atoms with van der Waals surface area (Å²) in [5.74, 6) is -0.0243. The van der Waals surface area contributed by atoms with E-state index in [4.69, 9.17) is 0 Å². The van der Waals surface area contributed by atoms with Gasteiger partial charge in [0.05, 0.1) is 0 Å². The lowest BCUT2D eigenvalue weighted by Gasteiger charge is -2.18. The van der Waals surface area contributed by atoms with Gasteiger partial charge < -0.3 is 0 Å². The van der Waals surface area contributed by atoms with Crippen LogP contribution in [0.15, 0.2) is 48.5 Å². The molecule has 1 heteroatoms. The van der Waals surface area contributed by atoms with Crippen LogP contribution in [-0.4, -0.2) is 0 Å². The van der Waals surface area contributed by atoms with E-state index < -0.39 is 0 Å². The smallest absolute Gasteiger partial charge is 0.123 e. The minimum Gasteiger partial charge on any atom is -0.207 e. The number of benzene rings is 2. The van der Waals surface area contributed by atoms with Crippen molar-refractivity contribution in [3.05, 3.63) is 84.9 Å². The second-order valence-corrected chi connectivity index (χ2v) is 4.09. The van der Waals surface area contributed by atoms with Gasteiger partial charge in [-0.25, -0.2) is 4.39 Å². The Kier molecular flexibility index (Phi) is 3.58. The third kappa shape index (κ3) is 2.55. The molecule has 17 heavy (non-hydrogen) atoms. The van der Waals surface area contributed by atoms with Crippen LogP contribution in [-0.2, 0) is 0 Å². The quantitative estimate of drug-likeness (QED) is 0.729. The van der Waals surface area contributed by atoms with E-state index in [-0.39, 0.29) is 11.7 Å². The molecule has 0 heterocycles. The molecule has 0 bridgehead atoms. The van der Waals surface area contributed by atoms with Gasteiger partial charge >= 0.3 is 0 Å². The second kappa shape index (κ2) is 5.13. The predicted octanol–water partition coefficient (Wildman–Crippen LogP) is 4.36. The van der Waals surface area contributed by atoms with Crippen LogP contribution in [0.3, 0.4) is 0 Å². The molecule has 1 atom stereocenters. The van der Waals surface area contributed by atoms with Crippen molar-refractivity contribution >= 4 is 0 Å². The average molecular weight is 226 g/mol. The normalized spacial score (nSPS) is 12.4. The second-order valence-electron chi connectivity index (χ2n) is 4.09. The molecule has 0 nitrogen and oxygen atoms in total. The summed E-state index contributed by atoms with van der Waals surface area (Å²) in [6.45, 7) is 8.01. The SMILES string of the molecule is [CH2]CC(c1ccc(F)cc1)c1ccccc1[CH2]. The Labute approximate surface area is 102 Å². The predicted molar refractivity (Wildman–Crippen MR) is 69.1 cm³/mol. The molecular formula is C16H15F. The van der Waals surface area contributed by atoms with Gasteiger partial charge in [-0.2, -0.15) is 0 Å². The monoisotopic (exact) mass is 226 g/mol. The van der Waals surface area contributed by atoms with Gasteiger partial charge in [-0.1, -0.05) is 43.3 Å². The van der Waals surface area contributed by atoms with Crippen molar-refractivity contribution in [1.29, 1.82) is 0 Å². The Bertz CT molecular complexity index is 485. The molecule has 2 rings (SSSR count). The Hall–Kier alpha value is -1.63. The van der Waals surface area contributed by atoms with E-state index in [0.717, 1.165) is 23.1 Å². The highest BCUT2D eigenvalue weighted by Gasteiger charge is 2.13. The van der Waals surface area contributed by atoms with Crippen LogP contribution in [0.5, 0.6) is 0 Å². The summed E-state index contributed by atoms with van der Waals surface area (Å²) in [5.41, 5.74) is 3.25. The lowest BCUT2D eigenvalue weighted by molar-refractivity contribution is 0.626. The maximum absolute atomic E-state index is 12.9. The van der Waals surface area contributed by atoms with Gasteiger partial charge in [0.15, 0.2) is 0 Å². The lowest BCUT2D eigenvalue weighted by Crippen LogP contribution is -2.02. The summed E-state index contributed by atoms with van der Waals surface area (Å²) in [7, 11) is 0. The highest BCUT2D eigenvalue weighted by Crippen LogP contribution is 2.29. The number of rotatable bonds is 3. The molecule has 0 aliphatic rings. The molecule has 2 aromatic carbocycles. The van der Waals surface area contributed by atoms with Crippen molar-refractivity contribution in [3.63, 3.8) is 0 Å². The molecule has 0 fully saturated rings. The van der Waals surface area contributed by atoms with Gasteiger partial charge in [0.1, 0.15) is 5.82 Å². The fourth-order valence-electron chi connectivity index (χ4n) is 2.07. The maximum Gasteiger partial charge on any atom is 0.123 e. The Morgan fingerprint density at radius 1 is 1.00 bits per heavy atom. The van der Waals surface area contributed by atoms with Crippen molar-refractivity contribution in [2.24, 2.45) is 0 Å². The number of hydrogen-bond donors (Lipinski definition) is 0. The summed E-state index contributed by atoms with van der Waals surface area (Å²) in [6.07, 6.45) is 0.734. The molecule has 0 saturated heterocycles. The first kappa shape index (κ1) is 11.8. The molecule has 0 aliphatic carbocycles. The van der Waals surface area contributed by atoms with Crippen LogP contribution >= 0.6 is 0 Å². The van der Waals surface area contributed by atoms with E-state index in [0.29, 0.717) is 0 Å². The van der Waals surface area contributed by atoms with Crippen LogP contribution < -0.4 is 0 Å². The van der Waals surface area contributed by atoms with Crippen LogP contribution in [0.1, 0.15) is 29.0 Å². The van der Waals surface area contributed by atoms with Gasteiger partial charge in [-0.3, -0.25) is 0 Å². The molecule has 86 valence electrons. The van der Waals surface area contributed by atoms with E-state index in [1.165, 1.54) is 12.1 Å². The first-order valence-electron chi connectivity index (χ1n) is 5.68. The minimum absolute atomic E-state index is 0.185. The third-order valence-electron chi connectivity index (χ3n) is 2.99. The molecule has 0 N–H and O–H groups in total.